The summed E-state index contributed by atoms with van der Waals surface area (Å²) in [5.74, 6) is 0.535. The van der Waals surface area contributed by atoms with Crippen LogP contribution in [0.25, 0.3) is 0 Å². The Kier molecular flexibility index (Phi) is 5.72. The fourth-order valence-electron chi connectivity index (χ4n) is 5.32. The van der Waals surface area contributed by atoms with E-state index in [1.54, 1.807) is 0 Å². The van der Waals surface area contributed by atoms with Crippen molar-refractivity contribution in [1.29, 1.82) is 0 Å². The highest BCUT2D eigenvalue weighted by atomic mass is 16.2. The van der Waals surface area contributed by atoms with E-state index >= 15 is 0 Å². The minimum absolute atomic E-state index is 0.247. The summed E-state index contributed by atoms with van der Waals surface area (Å²) in [6.07, 6.45) is 7.17. The molecule has 3 heterocycles. The number of likely N-dealkylation sites (tertiary alicyclic amines) is 3. The number of piperidine rings is 2. The molecule has 0 saturated carbocycles. The summed E-state index contributed by atoms with van der Waals surface area (Å²) in [6.45, 7) is 4.11. The molecule has 1 atom stereocenters. The van der Waals surface area contributed by atoms with E-state index in [-0.39, 0.29) is 23.3 Å². The van der Waals surface area contributed by atoms with Crippen LogP contribution in [0, 0.1) is 5.41 Å². The van der Waals surface area contributed by atoms with Gasteiger partial charge in [0.2, 0.25) is 11.8 Å². The third-order valence-electron chi connectivity index (χ3n) is 7.14. The first-order chi connectivity index (χ1) is 13.6. The lowest BCUT2D eigenvalue weighted by molar-refractivity contribution is -0.142. The lowest BCUT2D eigenvalue weighted by atomic mass is 9.75. The Morgan fingerprint density at radius 2 is 1.71 bits per heavy atom. The van der Waals surface area contributed by atoms with Crippen LogP contribution in [-0.4, -0.2) is 72.3 Å². The molecule has 28 heavy (non-hydrogen) atoms. The minimum atomic E-state index is -0.254. The number of carbonyl (C=O) groups is 2. The van der Waals surface area contributed by atoms with Crippen LogP contribution in [0.3, 0.4) is 0 Å². The maximum atomic E-state index is 13.1. The molecule has 3 aliphatic heterocycles. The van der Waals surface area contributed by atoms with Crippen molar-refractivity contribution >= 4 is 11.8 Å². The number of amides is 2. The smallest absolute Gasteiger partial charge is 0.236 e. The van der Waals surface area contributed by atoms with Crippen molar-refractivity contribution in [2.75, 3.05) is 39.8 Å². The number of carbonyl (C=O) groups excluding carboxylic acids is 2. The highest BCUT2D eigenvalue weighted by Crippen LogP contribution is 2.44. The SMILES string of the molecule is CN1C(=O)C2(CCN(C(=O)CN3CCCCC3)CC2)C[C@H]1Cc1ccccc1. The Morgan fingerprint density at radius 1 is 1.04 bits per heavy atom. The summed E-state index contributed by atoms with van der Waals surface area (Å²) in [6, 6.07) is 10.7. The molecule has 4 rings (SSSR count). The van der Waals surface area contributed by atoms with Gasteiger partial charge in [0.25, 0.3) is 0 Å². The van der Waals surface area contributed by atoms with Crippen molar-refractivity contribution < 1.29 is 9.59 Å². The van der Waals surface area contributed by atoms with Gasteiger partial charge < -0.3 is 9.80 Å². The van der Waals surface area contributed by atoms with Gasteiger partial charge in [0.1, 0.15) is 0 Å². The van der Waals surface area contributed by atoms with Crippen LogP contribution >= 0.6 is 0 Å². The Labute approximate surface area is 168 Å². The molecule has 0 bridgehead atoms. The highest BCUT2D eigenvalue weighted by Gasteiger charge is 2.51. The molecule has 3 fully saturated rings. The zero-order valence-electron chi connectivity index (χ0n) is 17.1. The predicted octanol–water partition coefficient (Wildman–Crippen LogP) is 2.55. The number of likely N-dealkylation sites (N-methyl/N-ethyl adjacent to an activating group) is 1. The highest BCUT2D eigenvalue weighted by molar-refractivity contribution is 5.86. The molecule has 1 spiro atoms. The van der Waals surface area contributed by atoms with Crippen LogP contribution in [0.15, 0.2) is 30.3 Å². The van der Waals surface area contributed by atoms with Crippen LogP contribution in [0.5, 0.6) is 0 Å². The molecular formula is C23H33N3O2. The fraction of sp³-hybridized carbons (Fsp3) is 0.652. The average Bonchev–Trinajstić information content (AvgIpc) is 2.95. The Bertz CT molecular complexity index is 691. The van der Waals surface area contributed by atoms with Crippen LogP contribution < -0.4 is 0 Å². The molecule has 5 heteroatoms. The Hall–Kier alpha value is -1.88. The Balaban J connectivity index is 1.33. The van der Waals surface area contributed by atoms with Crippen LogP contribution in [0.1, 0.15) is 44.1 Å². The second-order valence-electron chi connectivity index (χ2n) is 8.96. The van der Waals surface area contributed by atoms with Crippen LogP contribution in [0.4, 0.5) is 0 Å². The normalized spacial score (nSPS) is 25.5. The lowest BCUT2D eigenvalue weighted by Crippen LogP contribution is -2.49. The molecule has 0 N–H and O–H groups in total. The van der Waals surface area contributed by atoms with E-state index < -0.39 is 0 Å². The number of rotatable bonds is 4. The van der Waals surface area contributed by atoms with Crippen molar-refractivity contribution in [3.8, 4) is 0 Å². The summed E-state index contributed by atoms with van der Waals surface area (Å²) in [4.78, 5) is 32.1. The van der Waals surface area contributed by atoms with E-state index in [0.29, 0.717) is 6.54 Å². The van der Waals surface area contributed by atoms with Gasteiger partial charge in [-0.05, 0) is 57.2 Å². The maximum Gasteiger partial charge on any atom is 0.236 e. The molecule has 0 unspecified atom stereocenters. The molecule has 2 amide bonds. The first-order valence-electron chi connectivity index (χ1n) is 10.9. The maximum absolute atomic E-state index is 13.1. The summed E-state index contributed by atoms with van der Waals surface area (Å²) >= 11 is 0. The van der Waals surface area contributed by atoms with Gasteiger partial charge in [0.05, 0.1) is 12.0 Å². The molecule has 1 aromatic carbocycles. The fourth-order valence-corrected chi connectivity index (χ4v) is 5.32. The van der Waals surface area contributed by atoms with Crippen LogP contribution in [0.2, 0.25) is 0 Å². The topological polar surface area (TPSA) is 43.9 Å². The van der Waals surface area contributed by atoms with Crippen molar-refractivity contribution in [2.45, 2.75) is 51.0 Å². The molecule has 3 aliphatic rings. The summed E-state index contributed by atoms with van der Waals surface area (Å²) < 4.78 is 0. The molecule has 3 saturated heterocycles. The first kappa shape index (κ1) is 19.4. The van der Waals surface area contributed by atoms with E-state index in [0.717, 1.165) is 51.9 Å². The first-order valence-corrected chi connectivity index (χ1v) is 10.9. The second-order valence-corrected chi connectivity index (χ2v) is 8.96. The van der Waals surface area contributed by atoms with Gasteiger partial charge in [0, 0.05) is 26.2 Å². The number of hydrogen-bond donors (Lipinski definition) is 0. The van der Waals surface area contributed by atoms with Crippen LogP contribution in [-0.2, 0) is 16.0 Å². The molecular weight excluding hydrogens is 350 g/mol. The van der Waals surface area contributed by atoms with E-state index in [2.05, 4.69) is 29.2 Å². The van der Waals surface area contributed by atoms with E-state index in [1.165, 1.54) is 24.8 Å². The standard InChI is InChI=1S/C23H33N3O2/c1-24-20(16-19-8-4-2-5-9-19)17-23(22(24)28)10-14-26(15-11-23)21(27)18-25-12-6-3-7-13-25/h2,4-5,8-9,20H,3,6-7,10-18H2,1H3/t20-/m1/s1. The Morgan fingerprint density at radius 3 is 2.39 bits per heavy atom. The van der Waals surface area contributed by atoms with Gasteiger partial charge in [-0.15, -0.1) is 0 Å². The van der Waals surface area contributed by atoms with Crippen molar-refractivity contribution in [3.05, 3.63) is 35.9 Å². The number of hydrogen-bond acceptors (Lipinski definition) is 3. The monoisotopic (exact) mass is 383 g/mol. The third-order valence-corrected chi connectivity index (χ3v) is 7.14. The average molecular weight is 384 g/mol. The number of nitrogens with zero attached hydrogens (tertiary/aromatic N) is 3. The van der Waals surface area contributed by atoms with E-state index in [1.807, 2.05) is 22.9 Å². The molecule has 1 aromatic rings. The van der Waals surface area contributed by atoms with E-state index in [4.69, 9.17) is 0 Å². The van der Waals surface area contributed by atoms with Gasteiger partial charge in [-0.1, -0.05) is 36.8 Å². The molecule has 152 valence electrons. The zero-order chi connectivity index (χ0) is 19.6. The third kappa shape index (κ3) is 3.95. The molecule has 5 nitrogen and oxygen atoms in total. The van der Waals surface area contributed by atoms with Gasteiger partial charge in [0.15, 0.2) is 0 Å². The quantitative estimate of drug-likeness (QED) is 0.803. The van der Waals surface area contributed by atoms with Crippen molar-refractivity contribution in [3.63, 3.8) is 0 Å². The minimum Gasteiger partial charge on any atom is -0.342 e. The van der Waals surface area contributed by atoms with Gasteiger partial charge in [-0.3, -0.25) is 14.5 Å². The number of benzene rings is 1. The molecule has 0 aromatic heterocycles. The summed E-state index contributed by atoms with van der Waals surface area (Å²) in [5, 5.41) is 0. The van der Waals surface area contributed by atoms with Gasteiger partial charge in [-0.2, -0.15) is 0 Å². The van der Waals surface area contributed by atoms with Gasteiger partial charge >= 0.3 is 0 Å². The zero-order valence-corrected chi connectivity index (χ0v) is 17.1. The summed E-state index contributed by atoms with van der Waals surface area (Å²) in [5.41, 5.74) is 1.04. The van der Waals surface area contributed by atoms with Crippen molar-refractivity contribution in [1.82, 2.24) is 14.7 Å². The van der Waals surface area contributed by atoms with Crippen molar-refractivity contribution in [2.24, 2.45) is 5.41 Å². The second kappa shape index (κ2) is 8.24. The molecule has 0 radical (unpaired) electrons. The molecule has 0 aliphatic carbocycles. The largest absolute Gasteiger partial charge is 0.342 e. The van der Waals surface area contributed by atoms with E-state index in [9.17, 15) is 9.59 Å². The van der Waals surface area contributed by atoms with Gasteiger partial charge in [-0.25, -0.2) is 0 Å². The summed E-state index contributed by atoms with van der Waals surface area (Å²) in [7, 11) is 1.96. The lowest BCUT2D eigenvalue weighted by Gasteiger charge is -2.38. The predicted molar refractivity (Wildman–Crippen MR) is 110 cm³/mol.